The van der Waals surface area contributed by atoms with Crippen LogP contribution >= 0.6 is 15.9 Å². The summed E-state index contributed by atoms with van der Waals surface area (Å²) in [5.74, 6) is 0. The minimum Gasteiger partial charge on any atom is -0.373 e. The van der Waals surface area contributed by atoms with Crippen LogP contribution in [-0.4, -0.2) is 18.6 Å². The van der Waals surface area contributed by atoms with Gasteiger partial charge in [0.05, 0.1) is 11.3 Å². The molecular weight excluding hydrogens is 302 g/mol. The first-order chi connectivity index (χ1) is 9.20. The molecule has 0 radical (unpaired) electrons. The number of rotatable bonds is 4. The van der Waals surface area contributed by atoms with E-state index in [-0.39, 0.29) is 0 Å². The first-order valence-electron chi connectivity index (χ1n) is 6.01. The number of nitriles is 1. The predicted molar refractivity (Wildman–Crippen MR) is 80.1 cm³/mol. The molecule has 0 saturated carbocycles. The second kappa shape index (κ2) is 6.35. The average molecular weight is 316 g/mol. The Balaban J connectivity index is 2.10. The SMILES string of the molecule is CN(CCc1ccccn1)c1cc(Br)ccc1C#N. The predicted octanol–water partition coefficient (Wildman–Crippen LogP) is 3.39. The molecule has 96 valence electrons. The Labute approximate surface area is 121 Å². The van der Waals surface area contributed by atoms with Crippen LogP contribution in [0.25, 0.3) is 0 Å². The van der Waals surface area contributed by atoms with E-state index in [0.29, 0.717) is 5.56 Å². The second-order valence-electron chi connectivity index (χ2n) is 4.27. The molecule has 0 aliphatic carbocycles. The van der Waals surface area contributed by atoms with E-state index in [1.165, 1.54) is 0 Å². The van der Waals surface area contributed by atoms with Crippen molar-refractivity contribution in [1.82, 2.24) is 4.98 Å². The molecule has 2 aromatic rings. The van der Waals surface area contributed by atoms with Gasteiger partial charge in [0.25, 0.3) is 0 Å². The van der Waals surface area contributed by atoms with Crippen LogP contribution in [0.3, 0.4) is 0 Å². The van der Waals surface area contributed by atoms with Gasteiger partial charge in [-0.2, -0.15) is 5.26 Å². The molecule has 0 unspecified atom stereocenters. The van der Waals surface area contributed by atoms with Crippen LogP contribution in [0.1, 0.15) is 11.3 Å². The van der Waals surface area contributed by atoms with E-state index in [9.17, 15) is 0 Å². The van der Waals surface area contributed by atoms with Crippen molar-refractivity contribution >= 4 is 21.6 Å². The van der Waals surface area contributed by atoms with Gasteiger partial charge >= 0.3 is 0 Å². The van der Waals surface area contributed by atoms with Crippen LogP contribution in [0.4, 0.5) is 5.69 Å². The van der Waals surface area contributed by atoms with Crippen molar-refractivity contribution in [2.45, 2.75) is 6.42 Å². The van der Waals surface area contributed by atoms with Gasteiger partial charge in [-0.25, -0.2) is 0 Å². The number of hydrogen-bond acceptors (Lipinski definition) is 3. The van der Waals surface area contributed by atoms with E-state index in [0.717, 1.165) is 28.8 Å². The largest absolute Gasteiger partial charge is 0.373 e. The van der Waals surface area contributed by atoms with Gasteiger partial charge in [-0.1, -0.05) is 22.0 Å². The molecule has 0 aliphatic heterocycles. The molecule has 4 heteroatoms. The van der Waals surface area contributed by atoms with Gasteiger partial charge in [-0.15, -0.1) is 0 Å². The molecule has 19 heavy (non-hydrogen) atoms. The number of pyridine rings is 1. The molecule has 2 rings (SSSR count). The van der Waals surface area contributed by atoms with Crippen molar-refractivity contribution in [3.05, 3.63) is 58.3 Å². The third-order valence-electron chi connectivity index (χ3n) is 2.92. The van der Waals surface area contributed by atoms with Crippen LogP contribution in [0.2, 0.25) is 0 Å². The van der Waals surface area contributed by atoms with Crippen molar-refractivity contribution in [2.24, 2.45) is 0 Å². The highest BCUT2D eigenvalue weighted by atomic mass is 79.9. The lowest BCUT2D eigenvalue weighted by molar-refractivity contribution is 0.851. The van der Waals surface area contributed by atoms with E-state index in [2.05, 4.69) is 31.9 Å². The van der Waals surface area contributed by atoms with E-state index < -0.39 is 0 Å². The number of benzene rings is 1. The maximum atomic E-state index is 9.14. The Morgan fingerprint density at radius 1 is 1.32 bits per heavy atom. The molecular formula is C15H14BrN3. The zero-order valence-electron chi connectivity index (χ0n) is 10.7. The van der Waals surface area contributed by atoms with Gasteiger partial charge in [0.1, 0.15) is 6.07 Å². The molecule has 0 spiro atoms. The van der Waals surface area contributed by atoms with E-state index >= 15 is 0 Å². The summed E-state index contributed by atoms with van der Waals surface area (Å²) in [6.45, 7) is 0.822. The lowest BCUT2D eigenvalue weighted by atomic mass is 10.1. The van der Waals surface area contributed by atoms with Gasteiger partial charge in [0.15, 0.2) is 0 Å². The van der Waals surface area contributed by atoms with Gasteiger partial charge in [-0.05, 0) is 30.3 Å². The van der Waals surface area contributed by atoms with Gasteiger partial charge in [0, 0.05) is 36.4 Å². The molecule has 0 atom stereocenters. The molecule has 0 N–H and O–H groups in total. The summed E-state index contributed by atoms with van der Waals surface area (Å²) >= 11 is 3.44. The Bertz CT molecular complexity index is 590. The van der Waals surface area contributed by atoms with Gasteiger partial charge in [-0.3, -0.25) is 4.98 Å². The highest BCUT2D eigenvalue weighted by Gasteiger charge is 2.08. The van der Waals surface area contributed by atoms with Crippen molar-refractivity contribution < 1.29 is 0 Å². The minimum atomic E-state index is 0.687. The third kappa shape index (κ3) is 3.55. The van der Waals surface area contributed by atoms with Crippen LogP contribution in [0.15, 0.2) is 47.1 Å². The van der Waals surface area contributed by atoms with Gasteiger partial charge in [0.2, 0.25) is 0 Å². The molecule has 0 aliphatic rings. The van der Waals surface area contributed by atoms with Crippen LogP contribution < -0.4 is 4.90 Å². The van der Waals surface area contributed by atoms with Gasteiger partial charge < -0.3 is 4.90 Å². The molecule has 3 nitrogen and oxygen atoms in total. The highest BCUT2D eigenvalue weighted by molar-refractivity contribution is 9.10. The summed E-state index contributed by atoms with van der Waals surface area (Å²) < 4.78 is 0.978. The number of aromatic nitrogens is 1. The zero-order chi connectivity index (χ0) is 13.7. The topological polar surface area (TPSA) is 39.9 Å². The van der Waals surface area contributed by atoms with E-state index in [1.54, 1.807) is 6.20 Å². The maximum absolute atomic E-state index is 9.14. The molecule has 1 aromatic carbocycles. The summed E-state index contributed by atoms with van der Waals surface area (Å²) in [5.41, 5.74) is 2.68. The van der Waals surface area contributed by atoms with Crippen LogP contribution in [-0.2, 0) is 6.42 Å². The fourth-order valence-corrected chi connectivity index (χ4v) is 2.21. The average Bonchev–Trinajstić information content (AvgIpc) is 2.46. The van der Waals surface area contributed by atoms with Crippen molar-refractivity contribution in [3.8, 4) is 6.07 Å². The van der Waals surface area contributed by atoms with Crippen molar-refractivity contribution in [2.75, 3.05) is 18.5 Å². The number of anilines is 1. The first-order valence-corrected chi connectivity index (χ1v) is 6.80. The molecule has 0 bridgehead atoms. The molecule has 1 aromatic heterocycles. The Kier molecular flexibility index (Phi) is 4.53. The fourth-order valence-electron chi connectivity index (χ4n) is 1.86. The lowest BCUT2D eigenvalue weighted by Gasteiger charge is -2.20. The maximum Gasteiger partial charge on any atom is 0.101 e. The third-order valence-corrected chi connectivity index (χ3v) is 3.41. The Morgan fingerprint density at radius 2 is 2.16 bits per heavy atom. The summed E-state index contributed by atoms with van der Waals surface area (Å²) in [4.78, 5) is 6.38. The summed E-state index contributed by atoms with van der Waals surface area (Å²) in [7, 11) is 1.99. The summed E-state index contributed by atoms with van der Waals surface area (Å²) in [5, 5.41) is 9.14. The van der Waals surface area contributed by atoms with Crippen molar-refractivity contribution in [3.63, 3.8) is 0 Å². The second-order valence-corrected chi connectivity index (χ2v) is 5.18. The first kappa shape index (κ1) is 13.6. The highest BCUT2D eigenvalue weighted by Crippen LogP contribution is 2.23. The fraction of sp³-hybridized carbons (Fsp3) is 0.200. The standard InChI is InChI=1S/C15H14BrN3/c1-19(9-7-14-4-2-3-8-18-14)15-10-13(16)6-5-12(15)11-17/h2-6,8,10H,7,9H2,1H3. The molecule has 0 fully saturated rings. The lowest BCUT2D eigenvalue weighted by Crippen LogP contribution is -2.21. The number of hydrogen-bond donors (Lipinski definition) is 0. The molecule has 0 saturated heterocycles. The number of likely N-dealkylation sites (N-methyl/N-ethyl adjacent to an activating group) is 1. The normalized spacial score (nSPS) is 9.95. The smallest absolute Gasteiger partial charge is 0.101 e. The van der Waals surface area contributed by atoms with E-state index in [1.807, 2.05) is 43.4 Å². The molecule has 1 heterocycles. The van der Waals surface area contributed by atoms with Crippen LogP contribution in [0.5, 0.6) is 0 Å². The molecule has 0 amide bonds. The quantitative estimate of drug-likeness (QED) is 0.868. The Morgan fingerprint density at radius 3 is 2.84 bits per heavy atom. The van der Waals surface area contributed by atoms with Crippen molar-refractivity contribution in [1.29, 1.82) is 5.26 Å². The monoisotopic (exact) mass is 315 g/mol. The Hall–Kier alpha value is -1.86. The zero-order valence-corrected chi connectivity index (χ0v) is 12.3. The number of halogens is 1. The summed E-state index contributed by atoms with van der Waals surface area (Å²) in [6.07, 6.45) is 2.66. The minimum absolute atomic E-state index is 0.687. The van der Waals surface area contributed by atoms with E-state index in [4.69, 9.17) is 5.26 Å². The number of nitrogens with zero attached hydrogens (tertiary/aromatic N) is 3. The summed E-state index contributed by atoms with van der Waals surface area (Å²) in [6, 6.07) is 13.8. The van der Waals surface area contributed by atoms with Crippen LogP contribution in [0, 0.1) is 11.3 Å².